The normalized spacial score (nSPS) is 34.5. The van der Waals surface area contributed by atoms with Gasteiger partial charge in [-0.05, 0) is 63.7 Å². The molecule has 128 valence electrons. The van der Waals surface area contributed by atoms with Crippen LogP contribution in [0.4, 0.5) is 4.79 Å². The average Bonchev–Trinajstić information content (AvgIpc) is 2.66. The molecule has 2 bridgehead atoms. The molecule has 0 aromatic heterocycles. The van der Waals surface area contributed by atoms with Crippen molar-refractivity contribution in [1.29, 1.82) is 0 Å². The maximum atomic E-state index is 11.8. The minimum atomic E-state index is -0.445. The van der Waals surface area contributed by atoms with Crippen LogP contribution in [0.5, 0.6) is 0 Å². The van der Waals surface area contributed by atoms with Gasteiger partial charge in [0.1, 0.15) is 5.60 Å². The molecule has 0 aromatic carbocycles. The number of fused-ring (bicyclic) bond motifs is 2. The van der Waals surface area contributed by atoms with Gasteiger partial charge in [0.05, 0.1) is 0 Å². The number of alkyl carbamates (subject to hydrolysis) is 1. The van der Waals surface area contributed by atoms with E-state index in [9.17, 15) is 4.79 Å². The summed E-state index contributed by atoms with van der Waals surface area (Å²) < 4.78 is 5.30. The van der Waals surface area contributed by atoms with Crippen LogP contribution in [-0.2, 0) is 4.74 Å². The molecule has 4 atom stereocenters. The van der Waals surface area contributed by atoms with Crippen LogP contribution in [0, 0.1) is 16.7 Å². The van der Waals surface area contributed by atoms with Crippen molar-refractivity contribution in [2.75, 3.05) is 6.54 Å². The van der Waals surface area contributed by atoms with Crippen molar-refractivity contribution in [3.63, 3.8) is 0 Å². The van der Waals surface area contributed by atoms with E-state index in [1.807, 2.05) is 27.7 Å². The molecule has 4 nitrogen and oxygen atoms in total. The van der Waals surface area contributed by atoms with Crippen LogP contribution in [-0.4, -0.2) is 30.3 Å². The van der Waals surface area contributed by atoms with Gasteiger partial charge in [0, 0.05) is 18.6 Å². The molecule has 2 rings (SSSR count). The monoisotopic (exact) mass is 310 g/mol. The Bertz CT molecular complexity index is 427. The Labute approximate surface area is 135 Å². The highest BCUT2D eigenvalue weighted by Crippen LogP contribution is 2.65. The molecule has 2 aliphatic rings. The quantitative estimate of drug-likeness (QED) is 0.832. The Morgan fingerprint density at radius 2 is 1.95 bits per heavy atom. The van der Waals surface area contributed by atoms with E-state index in [4.69, 9.17) is 4.74 Å². The van der Waals surface area contributed by atoms with E-state index in [1.54, 1.807) is 0 Å². The molecular weight excluding hydrogens is 276 g/mol. The summed E-state index contributed by atoms with van der Waals surface area (Å²) in [5, 5.41) is 6.62. The minimum absolute atomic E-state index is 0.0701. The summed E-state index contributed by atoms with van der Waals surface area (Å²) in [7, 11) is 0. The first-order chi connectivity index (χ1) is 9.96. The summed E-state index contributed by atoms with van der Waals surface area (Å²) in [6.07, 6.45) is 3.62. The zero-order valence-electron chi connectivity index (χ0n) is 15.4. The lowest BCUT2D eigenvalue weighted by molar-refractivity contribution is 0.0504. The van der Waals surface area contributed by atoms with Crippen molar-refractivity contribution in [2.45, 2.75) is 85.4 Å². The van der Waals surface area contributed by atoms with E-state index < -0.39 is 5.60 Å². The summed E-state index contributed by atoms with van der Waals surface area (Å²) in [4.78, 5) is 11.8. The van der Waals surface area contributed by atoms with Crippen molar-refractivity contribution in [1.82, 2.24) is 10.6 Å². The number of hydrogen-bond donors (Lipinski definition) is 2. The molecule has 0 spiro atoms. The van der Waals surface area contributed by atoms with Gasteiger partial charge < -0.3 is 15.4 Å². The molecule has 2 fully saturated rings. The zero-order valence-corrected chi connectivity index (χ0v) is 15.4. The SMILES string of the molecule is CC(CNC1CC2CCC1(C)C2(C)C)NC(=O)OC(C)(C)C. The number of carbonyl (C=O) groups excluding carboxylic acids is 1. The van der Waals surface area contributed by atoms with Crippen molar-refractivity contribution < 1.29 is 9.53 Å². The van der Waals surface area contributed by atoms with E-state index in [-0.39, 0.29) is 12.1 Å². The highest BCUT2D eigenvalue weighted by atomic mass is 16.6. The van der Waals surface area contributed by atoms with Crippen LogP contribution in [0.1, 0.15) is 67.7 Å². The maximum Gasteiger partial charge on any atom is 0.407 e. The number of hydrogen-bond acceptors (Lipinski definition) is 3. The number of carbonyl (C=O) groups is 1. The number of amides is 1. The van der Waals surface area contributed by atoms with E-state index in [0.717, 1.165) is 12.5 Å². The van der Waals surface area contributed by atoms with Gasteiger partial charge in [-0.1, -0.05) is 20.8 Å². The third-order valence-electron chi connectivity index (χ3n) is 6.23. The molecule has 22 heavy (non-hydrogen) atoms. The number of rotatable bonds is 4. The van der Waals surface area contributed by atoms with Crippen molar-refractivity contribution >= 4 is 6.09 Å². The summed E-state index contributed by atoms with van der Waals surface area (Å²) >= 11 is 0. The third-order valence-corrected chi connectivity index (χ3v) is 6.23. The summed E-state index contributed by atoms with van der Waals surface area (Å²) in [6, 6.07) is 0.629. The van der Waals surface area contributed by atoms with Gasteiger partial charge in [-0.2, -0.15) is 0 Å². The molecule has 4 unspecified atom stereocenters. The van der Waals surface area contributed by atoms with Crippen molar-refractivity contribution in [3.8, 4) is 0 Å². The Morgan fingerprint density at radius 3 is 2.41 bits per heavy atom. The van der Waals surface area contributed by atoms with E-state index >= 15 is 0 Å². The second kappa shape index (κ2) is 5.70. The predicted octanol–water partition coefficient (Wildman–Crippen LogP) is 3.70. The molecule has 0 heterocycles. The van der Waals surface area contributed by atoms with Gasteiger partial charge >= 0.3 is 6.09 Å². The van der Waals surface area contributed by atoms with E-state index in [2.05, 4.69) is 31.4 Å². The molecule has 0 saturated heterocycles. The summed E-state index contributed by atoms with van der Waals surface area (Å²) in [5.74, 6) is 0.837. The molecular formula is C18H34N2O2. The largest absolute Gasteiger partial charge is 0.444 e. The Kier molecular flexibility index (Phi) is 4.55. The van der Waals surface area contributed by atoms with Gasteiger partial charge in [-0.25, -0.2) is 4.79 Å². The minimum Gasteiger partial charge on any atom is -0.444 e. The van der Waals surface area contributed by atoms with Crippen LogP contribution < -0.4 is 10.6 Å². The lowest BCUT2D eigenvalue weighted by atomic mass is 9.69. The molecule has 2 saturated carbocycles. The molecule has 2 aliphatic carbocycles. The number of nitrogens with one attached hydrogen (secondary N) is 2. The van der Waals surface area contributed by atoms with Crippen molar-refractivity contribution in [3.05, 3.63) is 0 Å². The van der Waals surface area contributed by atoms with Gasteiger partial charge in [0.25, 0.3) is 0 Å². The predicted molar refractivity (Wildman–Crippen MR) is 89.9 cm³/mol. The third kappa shape index (κ3) is 3.27. The zero-order chi connectivity index (χ0) is 16.8. The van der Waals surface area contributed by atoms with Crippen molar-refractivity contribution in [2.24, 2.45) is 16.7 Å². The van der Waals surface area contributed by atoms with Crippen LogP contribution in [0.3, 0.4) is 0 Å². The molecule has 4 heteroatoms. The highest BCUT2D eigenvalue weighted by molar-refractivity contribution is 5.68. The average molecular weight is 310 g/mol. The first-order valence-corrected chi connectivity index (χ1v) is 8.68. The highest BCUT2D eigenvalue weighted by Gasteiger charge is 2.60. The fourth-order valence-corrected chi connectivity index (χ4v) is 4.39. The fraction of sp³-hybridized carbons (Fsp3) is 0.944. The number of ether oxygens (including phenoxy) is 1. The standard InChI is InChI=1S/C18H34N2O2/c1-12(20-15(21)22-16(2,3)4)11-19-14-10-13-8-9-18(14,7)17(13,5)6/h12-14,19H,8-11H2,1-7H3,(H,20,21). The molecule has 0 aromatic rings. The van der Waals surface area contributed by atoms with Crippen LogP contribution in [0.25, 0.3) is 0 Å². The van der Waals surface area contributed by atoms with Crippen LogP contribution >= 0.6 is 0 Å². The molecule has 2 N–H and O–H groups in total. The van der Waals surface area contributed by atoms with Gasteiger partial charge in [0.2, 0.25) is 0 Å². The molecule has 1 amide bonds. The second-order valence-corrected chi connectivity index (χ2v) is 9.12. The summed E-state index contributed by atoms with van der Waals surface area (Å²) in [5.41, 5.74) is 0.356. The molecule has 0 aliphatic heterocycles. The maximum absolute atomic E-state index is 11.8. The Morgan fingerprint density at radius 1 is 1.32 bits per heavy atom. The van der Waals surface area contributed by atoms with Gasteiger partial charge in [-0.15, -0.1) is 0 Å². The summed E-state index contributed by atoms with van der Waals surface area (Å²) in [6.45, 7) is 15.8. The van der Waals surface area contributed by atoms with Crippen LogP contribution in [0.2, 0.25) is 0 Å². The Balaban J connectivity index is 1.81. The Hall–Kier alpha value is -0.770. The van der Waals surface area contributed by atoms with Crippen LogP contribution in [0.15, 0.2) is 0 Å². The van der Waals surface area contributed by atoms with E-state index in [1.165, 1.54) is 19.3 Å². The smallest absolute Gasteiger partial charge is 0.407 e. The van der Waals surface area contributed by atoms with Gasteiger partial charge in [-0.3, -0.25) is 0 Å². The second-order valence-electron chi connectivity index (χ2n) is 9.12. The fourth-order valence-electron chi connectivity index (χ4n) is 4.39. The molecule has 0 radical (unpaired) electrons. The first kappa shape index (κ1) is 17.6. The lowest BCUT2D eigenvalue weighted by Crippen LogP contribution is -2.49. The topological polar surface area (TPSA) is 50.4 Å². The first-order valence-electron chi connectivity index (χ1n) is 8.68. The van der Waals surface area contributed by atoms with Gasteiger partial charge in [0.15, 0.2) is 0 Å². The van der Waals surface area contributed by atoms with E-state index in [0.29, 0.717) is 16.9 Å². The lowest BCUT2D eigenvalue weighted by Gasteiger charge is -2.40.